The van der Waals surface area contributed by atoms with Crippen LogP contribution in [0.3, 0.4) is 0 Å². The molecule has 0 aliphatic carbocycles. The molecule has 0 saturated carbocycles. The zero-order valence-electron chi connectivity index (χ0n) is 11.0. The van der Waals surface area contributed by atoms with Crippen molar-refractivity contribution in [1.29, 1.82) is 0 Å². The lowest BCUT2D eigenvalue weighted by molar-refractivity contribution is 0.0783. The minimum absolute atomic E-state index is 0.0229. The molecule has 0 aliphatic rings. The van der Waals surface area contributed by atoms with Crippen LogP contribution in [0, 0.1) is 5.41 Å². The minimum atomic E-state index is -0.522. The smallest absolute Gasteiger partial charge is 0.213 e. The van der Waals surface area contributed by atoms with Crippen LogP contribution in [0.4, 0.5) is 4.39 Å². The first-order valence-corrected chi connectivity index (χ1v) is 5.81. The van der Waals surface area contributed by atoms with Crippen LogP contribution in [0.15, 0.2) is 23.5 Å². The van der Waals surface area contributed by atoms with Gasteiger partial charge in [-0.1, -0.05) is 25.9 Å². The van der Waals surface area contributed by atoms with Crippen molar-refractivity contribution in [1.82, 2.24) is 4.98 Å². The number of halogens is 1. The number of alkyl halides is 1. The predicted molar refractivity (Wildman–Crippen MR) is 68.7 cm³/mol. The minimum Gasteiger partial charge on any atom is -0.475 e. The quantitative estimate of drug-likeness (QED) is 0.578. The summed E-state index contributed by atoms with van der Waals surface area (Å²) in [7, 11) is 0. The Labute approximate surface area is 107 Å². The van der Waals surface area contributed by atoms with Crippen molar-refractivity contribution in [3.63, 3.8) is 0 Å². The van der Waals surface area contributed by atoms with E-state index in [0.717, 1.165) is 5.56 Å². The molecule has 5 heteroatoms. The summed E-state index contributed by atoms with van der Waals surface area (Å²) in [5.41, 5.74) is 0.885. The van der Waals surface area contributed by atoms with Crippen LogP contribution in [-0.2, 0) is 4.84 Å². The molecule has 0 radical (unpaired) electrons. The molecule has 0 spiro atoms. The van der Waals surface area contributed by atoms with E-state index in [0.29, 0.717) is 12.5 Å². The largest absolute Gasteiger partial charge is 0.475 e. The highest BCUT2D eigenvalue weighted by atomic mass is 18.2. The molecule has 0 bridgehead atoms. The van der Waals surface area contributed by atoms with E-state index in [9.17, 15) is 4.39 Å². The molecule has 0 amide bonds. The number of aromatic nitrogens is 1. The maximum atomic E-state index is 11.9. The third kappa shape index (κ3) is 6.18. The molecule has 0 unspecified atom stereocenters. The van der Waals surface area contributed by atoms with Crippen molar-refractivity contribution >= 4 is 6.21 Å². The lowest BCUT2D eigenvalue weighted by atomic mass is 9.99. The fourth-order valence-electron chi connectivity index (χ4n) is 1.03. The second-order valence-corrected chi connectivity index (χ2v) is 5.04. The first-order chi connectivity index (χ1) is 8.51. The van der Waals surface area contributed by atoms with Crippen molar-refractivity contribution in [3.05, 3.63) is 23.9 Å². The van der Waals surface area contributed by atoms with E-state index in [1.54, 1.807) is 24.5 Å². The second kappa shape index (κ2) is 6.93. The Kier molecular flexibility index (Phi) is 5.55. The number of hydrogen-bond donors (Lipinski definition) is 0. The summed E-state index contributed by atoms with van der Waals surface area (Å²) in [6.07, 6.45) is 3.18. The van der Waals surface area contributed by atoms with E-state index in [1.165, 1.54) is 0 Å². The van der Waals surface area contributed by atoms with E-state index in [-0.39, 0.29) is 12.0 Å². The third-order valence-corrected chi connectivity index (χ3v) is 1.86. The third-order valence-electron chi connectivity index (χ3n) is 1.86. The van der Waals surface area contributed by atoms with Crippen LogP contribution in [0.25, 0.3) is 0 Å². The second-order valence-electron chi connectivity index (χ2n) is 5.04. The van der Waals surface area contributed by atoms with Crippen LogP contribution in [-0.4, -0.2) is 31.1 Å². The predicted octanol–water partition coefficient (Wildman–Crippen LogP) is 2.83. The molecule has 0 aliphatic heterocycles. The van der Waals surface area contributed by atoms with Crippen LogP contribution in [0.1, 0.15) is 26.3 Å². The SMILES string of the molecule is CC(C)(C)CO/N=C/c1ccc(OCC[18F])nc1. The number of hydrogen-bond acceptors (Lipinski definition) is 4. The zero-order valence-corrected chi connectivity index (χ0v) is 11.0. The van der Waals surface area contributed by atoms with E-state index >= 15 is 0 Å². The van der Waals surface area contributed by atoms with Gasteiger partial charge in [0.25, 0.3) is 0 Å². The van der Waals surface area contributed by atoms with E-state index < -0.39 is 6.67 Å². The maximum absolute atomic E-state index is 11.9. The summed E-state index contributed by atoms with van der Waals surface area (Å²) in [4.78, 5) is 9.17. The van der Waals surface area contributed by atoms with Gasteiger partial charge in [-0.25, -0.2) is 9.37 Å². The average molecular weight is 253 g/mol. The first kappa shape index (κ1) is 14.4. The summed E-state index contributed by atoms with van der Waals surface area (Å²) in [6, 6.07) is 3.45. The Hall–Kier alpha value is -1.65. The molecule has 0 N–H and O–H groups in total. The summed E-state index contributed by atoms with van der Waals surface area (Å²) >= 11 is 0. The molecule has 0 fully saturated rings. The Morgan fingerprint density at radius 2 is 2.17 bits per heavy atom. The highest BCUT2D eigenvalue weighted by molar-refractivity contribution is 5.78. The molecule has 1 aromatic rings. The van der Waals surface area contributed by atoms with Gasteiger partial charge in [0.05, 0.1) is 6.21 Å². The topological polar surface area (TPSA) is 43.7 Å². The number of rotatable bonds is 6. The van der Waals surface area contributed by atoms with Gasteiger partial charge in [-0.3, -0.25) is 0 Å². The van der Waals surface area contributed by atoms with Crippen molar-refractivity contribution in [2.24, 2.45) is 10.6 Å². The van der Waals surface area contributed by atoms with Crippen LogP contribution < -0.4 is 4.74 Å². The maximum Gasteiger partial charge on any atom is 0.213 e. The molecule has 1 heterocycles. The summed E-state index contributed by atoms with van der Waals surface area (Å²) in [6.45, 7) is 6.26. The standard InChI is InChI=1S/C13H19FN2O2/c1-13(2,3)10-18-16-9-11-4-5-12(15-8-11)17-7-6-14/h4-5,8-9H,6-7,10H2,1-3H3/b16-9+/i14-1. The number of ether oxygens (including phenoxy) is 1. The molecule has 1 rings (SSSR count). The molecule has 1 aromatic heterocycles. The van der Waals surface area contributed by atoms with Gasteiger partial charge in [0.15, 0.2) is 0 Å². The molecule has 18 heavy (non-hydrogen) atoms. The summed E-state index contributed by atoms with van der Waals surface area (Å²) in [5, 5.41) is 3.85. The molecule has 0 saturated heterocycles. The van der Waals surface area contributed by atoms with Gasteiger partial charge in [0, 0.05) is 17.8 Å². The molecular weight excluding hydrogens is 234 g/mol. The van der Waals surface area contributed by atoms with Gasteiger partial charge in [-0.15, -0.1) is 0 Å². The Morgan fingerprint density at radius 1 is 1.39 bits per heavy atom. The fourth-order valence-corrected chi connectivity index (χ4v) is 1.03. The molecule has 4 nitrogen and oxygen atoms in total. The normalized spacial score (nSPS) is 11.8. The number of pyridine rings is 1. The van der Waals surface area contributed by atoms with Gasteiger partial charge in [0.2, 0.25) is 5.88 Å². The van der Waals surface area contributed by atoms with E-state index in [4.69, 9.17) is 9.57 Å². The summed E-state index contributed by atoms with van der Waals surface area (Å²) < 4.78 is 16.9. The fraction of sp³-hybridized carbons (Fsp3) is 0.538. The molecule has 0 aromatic carbocycles. The summed E-state index contributed by atoms with van der Waals surface area (Å²) in [5.74, 6) is 0.403. The van der Waals surface area contributed by atoms with Crippen molar-refractivity contribution in [2.45, 2.75) is 20.8 Å². The van der Waals surface area contributed by atoms with Gasteiger partial charge in [-0.05, 0) is 11.5 Å². The highest BCUT2D eigenvalue weighted by Crippen LogP contribution is 2.12. The Morgan fingerprint density at radius 3 is 2.72 bits per heavy atom. The van der Waals surface area contributed by atoms with Crippen molar-refractivity contribution in [3.8, 4) is 5.88 Å². The number of nitrogens with zero attached hydrogens (tertiary/aromatic N) is 2. The van der Waals surface area contributed by atoms with Crippen LogP contribution in [0.2, 0.25) is 0 Å². The van der Waals surface area contributed by atoms with Gasteiger partial charge in [-0.2, -0.15) is 0 Å². The van der Waals surface area contributed by atoms with Crippen LogP contribution in [0.5, 0.6) is 5.88 Å². The highest BCUT2D eigenvalue weighted by Gasteiger charge is 2.09. The monoisotopic (exact) mass is 253 g/mol. The molecular formula is C13H19FN2O2. The Bertz CT molecular complexity index is 372. The zero-order chi connectivity index (χ0) is 13.4. The first-order valence-electron chi connectivity index (χ1n) is 5.81. The number of oxime groups is 1. The van der Waals surface area contributed by atoms with Crippen molar-refractivity contribution < 1.29 is 14.0 Å². The van der Waals surface area contributed by atoms with E-state index in [2.05, 4.69) is 30.9 Å². The molecule has 100 valence electrons. The van der Waals surface area contributed by atoms with Gasteiger partial charge < -0.3 is 9.57 Å². The van der Waals surface area contributed by atoms with Crippen molar-refractivity contribution in [2.75, 3.05) is 19.9 Å². The molecule has 0 atom stereocenters. The van der Waals surface area contributed by atoms with Gasteiger partial charge in [0.1, 0.15) is 19.9 Å². The lowest BCUT2D eigenvalue weighted by Crippen LogP contribution is -2.12. The van der Waals surface area contributed by atoms with Crippen LogP contribution >= 0.6 is 0 Å². The Balaban J connectivity index is 2.41. The average Bonchev–Trinajstić information content (AvgIpc) is 2.32. The lowest BCUT2D eigenvalue weighted by Gasteiger charge is -2.15. The van der Waals surface area contributed by atoms with Gasteiger partial charge >= 0.3 is 0 Å². The van der Waals surface area contributed by atoms with E-state index in [1.807, 2.05) is 0 Å².